The van der Waals surface area contributed by atoms with E-state index in [2.05, 4.69) is 10.2 Å². The number of rotatable bonds is 6. The summed E-state index contributed by atoms with van der Waals surface area (Å²) in [6.45, 7) is 0.816. The molecule has 0 radical (unpaired) electrons. The number of hydrogen-bond acceptors (Lipinski definition) is 6. The Balaban J connectivity index is 1.39. The van der Waals surface area contributed by atoms with Crippen LogP contribution in [-0.2, 0) is 16.9 Å². The number of carbonyl (C=O) groups excluding carboxylic acids is 1. The molecule has 1 N–H and O–H groups in total. The van der Waals surface area contributed by atoms with Crippen molar-refractivity contribution < 1.29 is 19.2 Å². The highest BCUT2D eigenvalue weighted by atomic mass is 35.5. The van der Waals surface area contributed by atoms with Crippen LogP contribution in [0, 0.1) is 10.1 Å². The summed E-state index contributed by atoms with van der Waals surface area (Å²) in [4.78, 5) is 28.2. The van der Waals surface area contributed by atoms with E-state index in [0.29, 0.717) is 39.3 Å². The van der Waals surface area contributed by atoms with Crippen molar-refractivity contribution in [3.63, 3.8) is 0 Å². The predicted octanol–water partition coefficient (Wildman–Crippen LogP) is 5.64. The summed E-state index contributed by atoms with van der Waals surface area (Å²) in [5.74, 6) is 0.0935. The van der Waals surface area contributed by atoms with E-state index in [1.807, 2.05) is 24.3 Å². The Morgan fingerprint density at radius 3 is 2.71 bits per heavy atom. The van der Waals surface area contributed by atoms with Crippen LogP contribution >= 0.6 is 23.2 Å². The van der Waals surface area contributed by atoms with E-state index in [0.717, 1.165) is 24.0 Å². The topological polar surface area (TPSA) is 93.9 Å². The first-order chi connectivity index (χ1) is 18.4. The predicted molar refractivity (Wildman–Crippen MR) is 144 cm³/mol. The minimum absolute atomic E-state index is 0.161. The lowest BCUT2D eigenvalue weighted by Crippen LogP contribution is -2.55. The number of nitrogens with zero attached hydrogens (tertiary/aromatic N) is 2. The van der Waals surface area contributed by atoms with Crippen molar-refractivity contribution in [2.45, 2.75) is 43.0 Å². The number of fused-ring (bicyclic) bond motifs is 4. The first-order valence-corrected chi connectivity index (χ1v) is 13.2. The number of halogens is 2. The molecule has 3 aliphatic rings. The monoisotopic (exact) mass is 553 g/mol. The molecule has 3 heterocycles. The minimum atomic E-state index is -1.36. The summed E-state index contributed by atoms with van der Waals surface area (Å²) in [6.07, 6.45) is 1.63. The van der Waals surface area contributed by atoms with Gasteiger partial charge in [0, 0.05) is 44.4 Å². The van der Waals surface area contributed by atoms with Crippen LogP contribution in [-0.4, -0.2) is 41.5 Å². The molecule has 38 heavy (non-hydrogen) atoms. The van der Waals surface area contributed by atoms with Crippen molar-refractivity contribution >= 4 is 34.8 Å². The fraction of sp³-hybridized carbons (Fsp3) is 0.321. The SMILES string of the molecule is COc1cc([C@@H]2[C@@H]3CCCN3[C@@]3(C(=O)Nc4ccccc43)[C@@H]2[N+](=O)[O-])ccc1OCc1ccc(Cl)cc1Cl. The van der Waals surface area contributed by atoms with Crippen molar-refractivity contribution in [1.82, 2.24) is 4.90 Å². The average Bonchev–Trinajstić information content (AvgIpc) is 3.56. The van der Waals surface area contributed by atoms with Gasteiger partial charge in [-0.2, -0.15) is 0 Å². The number of carbonyl (C=O) groups is 1. The van der Waals surface area contributed by atoms with Crippen LogP contribution in [0.4, 0.5) is 5.69 Å². The second-order valence-corrected chi connectivity index (χ2v) is 10.7. The zero-order chi connectivity index (χ0) is 26.6. The highest BCUT2D eigenvalue weighted by Gasteiger charge is 2.73. The van der Waals surface area contributed by atoms with Gasteiger partial charge in [-0.25, -0.2) is 0 Å². The van der Waals surface area contributed by atoms with Gasteiger partial charge in [0.25, 0.3) is 11.9 Å². The maximum atomic E-state index is 13.6. The number of hydrogen-bond donors (Lipinski definition) is 1. The van der Waals surface area contributed by atoms with Crippen LogP contribution in [0.1, 0.15) is 35.4 Å². The molecule has 1 spiro atoms. The van der Waals surface area contributed by atoms with Crippen LogP contribution in [0.25, 0.3) is 0 Å². The summed E-state index contributed by atoms with van der Waals surface area (Å²) >= 11 is 12.3. The number of amides is 1. The second kappa shape index (κ2) is 9.45. The molecule has 0 bridgehead atoms. The molecular formula is C28H25Cl2N3O5. The van der Waals surface area contributed by atoms with E-state index in [4.69, 9.17) is 32.7 Å². The zero-order valence-corrected chi connectivity index (χ0v) is 22.0. The Kier molecular flexibility index (Phi) is 6.21. The molecule has 1 amide bonds. The maximum absolute atomic E-state index is 13.6. The molecule has 8 nitrogen and oxygen atoms in total. The first-order valence-electron chi connectivity index (χ1n) is 12.4. The normalized spacial score (nSPS) is 25.8. The lowest BCUT2D eigenvalue weighted by atomic mass is 9.77. The van der Waals surface area contributed by atoms with E-state index < -0.39 is 17.5 Å². The standard InChI is InChI=1S/C28H25Cl2N3O5/c1-37-24-13-16(9-11-23(24)38-15-17-8-10-18(29)14-20(17)30)25-22-7-4-12-32(22)28(26(25)33(35)36)19-5-2-3-6-21(19)31-27(28)34/h2-3,5-6,8-11,13-14,22,25-26H,4,7,12,15H2,1H3,(H,31,34)/t22-,25+,26+,28+/m0/s1. The van der Waals surface area contributed by atoms with Crippen molar-refractivity contribution in [1.29, 1.82) is 0 Å². The van der Waals surface area contributed by atoms with E-state index in [-0.39, 0.29) is 23.5 Å². The molecule has 2 saturated heterocycles. The molecule has 0 aromatic heterocycles. The third-order valence-corrected chi connectivity index (χ3v) is 8.65. The first kappa shape index (κ1) is 25.0. The molecule has 4 atom stereocenters. The third kappa shape index (κ3) is 3.66. The van der Waals surface area contributed by atoms with Gasteiger partial charge in [0.2, 0.25) is 0 Å². The largest absolute Gasteiger partial charge is 0.493 e. The summed E-state index contributed by atoms with van der Waals surface area (Å²) in [5.41, 5.74) is 1.46. The Morgan fingerprint density at radius 1 is 1.13 bits per heavy atom. The lowest BCUT2D eigenvalue weighted by Gasteiger charge is -2.32. The number of nitrogens with one attached hydrogen (secondary N) is 1. The van der Waals surface area contributed by atoms with Gasteiger partial charge < -0.3 is 14.8 Å². The van der Waals surface area contributed by atoms with Gasteiger partial charge in [0.15, 0.2) is 17.0 Å². The fourth-order valence-electron chi connectivity index (χ4n) is 6.58. The molecule has 6 rings (SSSR count). The average molecular weight is 554 g/mol. The number of para-hydroxylation sites is 1. The van der Waals surface area contributed by atoms with E-state index >= 15 is 0 Å². The highest BCUT2D eigenvalue weighted by molar-refractivity contribution is 6.35. The number of nitro groups is 1. The molecule has 0 aliphatic carbocycles. The van der Waals surface area contributed by atoms with Crippen molar-refractivity contribution in [2.75, 3.05) is 19.0 Å². The van der Waals surface area contributed by atoms with Crippen LogP contribution in [0.5, 0.6) is 11.5 Å². The summed E-state index contributed by atoms with van der Waals surface area (Å²) in [5, 5.41) is 16.7. The molecule has 3 aromatic carbocycles. The van der Waals surface area contributed by atoms with Crippen LogP contribution in [0.15, 0.2) is 60.7 Å². The zero-order valence-electron chi connectivity index (χ0n) is 20.5. The van der Waals surface area contributed by atoms with Crippen molar-refractivity contribution in [3.8, 4) is 11.5 Å². The molecule has 3 aromatic rings. The summed E-state index contributed by atoms with van der Waals surface area (Å²) < 4.78 is 11.7. The third-order valence-electron chi connectivity index (χ3n) is 8.07. The minimum Gasteiger partial charge on any atom is -0.493 e. The molecule has 196 valence electrons. The van der Waals surface area contributed by atoms with Crippen molar-refractivity contribution in [3.05, 3.63) is 97.5 Å². The Morgan fingerprint density at radius 2 is 1.95 bits per heavy atom. The molecule has 0 unspecified atom stereocenters. The second-order valence-electron chi connectivity index (χ2n) is 9.86. The Hall–Kier alpha value is -3.33. The van der Waals surface area contributed by atoms with Gasteiger partial charge in [-0.05, 0) is 48.7 Å². The van der Waals surface area contributed by atoms with Gasteiger partial charge in [-0.3, -0.25) is 19.8 Å². The number of methoxy groups -OCH3 is 1. The fourth-order valence-corrected chi connectivity index (χ4v) is 7.04. The van der Waals surface area contributed by atoms with E-state index in [1.54, 1.807) is 36.4 Å². The van der Waals surface area contributed by atoms with Gasteiger partial charge in [-0.1, -0.05) is 53.5 Å². The maximum Gasteiger partial charge on any atom is 0.256 e. The molecular weight excluding hydrogens is 529 g/mol. The number of benzene rings is 3. The van der Waals surface area contributed by atoms with Gasteiger partial charge >= 0.3 is 0 Å². The van der Waals surface area contributed by atoms with Crippen molar-refractivity contribution in [2.24, 2.45) is 0 Å². The molecule has 3 aliphatic heterocycles. The molecule has 10 heteroatoms. The molecule has 2 fully saturated rings. The van der Waals surface area contributed by atoms with Gasteiger partial charge in [0.1, 0.15) is 6.61 Å². The van der Waals surface area contributed by atoms with Crippen LogP contribution < -0.4 is 14.8 Å². The van der Waals surface area contributed by atoms with Gasteiger partial charge in [-0.15, -0.1) is 0 Å². The molecule has 0 saturated carbocycles. The van der Waals surface area contributed by atoms with E-state index in [1.165, 1.54) is 7.11 Å². The smallest absolute Gasteiger partial charge is 0.256 e. The lowest BCUT2D eigenvalue weighted by molar-refractivity contribution is -0.534. The number of ether oxygens (including phenoxy) is 2. The quantitative estimate of drug-likeness (QED) is 0.313. The van der Waals surface area contributed by atoms with Crippen LogP contribution in [0.3, 0.4) is 0 Å². The summed E-state index contributed by atoms with van der Waals surface area (Å²) in [6, 6.07) is 16.6. The van der Waals surface area contributed by atoms with Crippen LogP contribution in [0.2, 0.25) is 10.0 Å². The van der Waals surface area contributed by atoms with E-state index in [9.17, 15) is 14.9 Å². The Labute approximate surface area is 229 Å². The number of anilines is 1. The Bertz CT molecular complexity index is 1450. The highest BCUT2D eigenvalue weighted by Crippen LogP contribution is 2.58. The van der Waals surface area contributed by atoms with Gasteiger partial charge in [0.05, 0.1) is 13.0 Å². The summed E-state index contributed by atoms with van der Waals surface area (Å²) in [7, 11) is 1.53.